The lowest BCUT2D eigenvalue weighted by Crippen LogP contribution is -2.45. The van der Waals surface area contributed by atoms with E-state index in [4.69, 9.17) is 5.73 Å². The smallest absolute Gasteiger partial charge is 0.0236 e. The van der Waals surface area contributed by atoms with Crippen molar-refractivity contribution in [1.29, 1.82) is 0 Å². The molecule has 2 nitrogen and oxygen atoms in total. The van der Waals surface area contributed by atoms with Crippen LogP contribution in [-0.2, 0) is 6.54 Å². The van der Waals surface area contributed by atoms with Crippen LogP contribution in [0.1, 0.15) is 47.4 Å². The van der Waals surface area contributed by atoms with Crippen LogP contribution in [0.4, 0.5) is 0 Å². The largest absolute Gasteiger partial charge is 0.330 e. The van der Waals surface area contributed by atoms with Gasteiger partial charge in [-0.3, -0.25) is 4.90 Å². The van der Waals surface area contributed by atoms with Gasteiger partial charge in [0.1, 0.15) is 0 Å². The van der Waals surface area contributed by atoms with E-state index in [9.17, 15) is 0 Å². The lowest BCUT2D eigenvalue weighted by molar-refractivity contribution is 0.118. The van der Waals surface area contributed by atoms with Crippen molar-refractivity contribution >= 4 is 0 Å². The highest BCUT2D eigenvalue weighted by Gasteiger charge is 2.30. The van der Waals surface area contributed by atoms with Crippen LogP contribution in [-0.4, -0.2) is 24.0 Å². The SMILES string of the molecule is Cc1ccc(C(CN)C2CCCCN2Cc2ccccc2)c(C)c1. The first-order chi connectivity index (χ1) is 11.7. The Morgan fingerprint density at radius 2 is 1.88 bits per heavy atom. The van der Waals surface area contributed by atoms with Crippen molar-refractivity contribution in [2.24, 2.45) is 5.73 Å². The van der Waals surface area contributed by atoms with E-state index in [1.54, 1.807) is 0 Å². The van der Waals surface area contributed by atoms with Gasteiger partial charge in [-0.2, -0.15) is 0 Å². The molecule has 0 radical (unpaired) electrons. The molecule has 0 amide bonds. The van der Waals surface area contributed by atoms with Crippen LogP contribution >= 0.6 is 0 Å². The number of likely N-dealkylation sites (tertiary alicyclic amines) is 1. The zero-order valence-electron chi connectivity index (χ0n) is 15.0. The summed E-state index contributed by atoms with van der Waals surface area (Å²) in [5.74, 6) is 0.426. The third-order valence-corrected chi connectivity index (χ3v) is 5.44. The number of rotatable bonds is 5. The predicted molar refractivity (Wildman–Crippen MR) is 102 cm³/mol. The Morgan fingerprint density at radius 1 is 1.08 bits per heavy atom. The number of aryl methyl sites for hydroxylation is 2. The van der Waals surface area contributed by atoms with Crippen LogP contribution in [0.5, 0.6) is 0 Å². The Bertz CT molecular complexity index is 650. The molecular formula is C22H30N2. The van der Waals surface area contributed by atoms with Gasteiger partial charge in [0.15, 0.2) is 0 Å². The Morgan fingerprint density at radius 3 is 2.58 bits per heavy atom. The van der Waals surface area contributed by atoms with Gasteiger partial charge in [-0.05, 0) is 49.9 Å². The van der Waals surface area contributed by atoms with Crippen LogP contribution in [0.15, 0.2) is 48.5 Å². The van der Waals surface area contributed by atoms with E-state index in [2.05, 4.69) is 67.3 Å². The zero-order valence-corrected chi connectivity index (χ0v) is 15.0. The highest BCUT2D eigenvalue weighted by atomic mass is 15.2. The summed E-state index contributed by atoms with van der Waals surface area (Å²) < 4.78 is 0. The summed E-state index contributed by atoms with van der Waals surface area (Å²) in [7, 11) is 0. The lowest BCUT2D eigenvalue weighted by Gasteiger charge is -2.41. The molecule has 0 bridgehead atoms. The fourth-order valence-electron chi connectivity index (χ4n) is 4.22. The van der Waals surface area contributed by atoms with Crippen LogP contribution in [0.2, 0.25) is 0 Å². The van der Waals surface area contributed by atoms with Crippen LogP contribution in [0.3, 0.4) is 0 Å². The van der Waals surface area contributed by atoms with E-state index >= 15 is 0 Å². The van der Waals surface area contributed by atoms with Gasteiger partial charge in [-0.15, -0.1) is 0 Å². The highest BCUT2D eigenvalue weighted by Crippen LogP contribution is 2.32. The molecule has 0 saturated carbocycles. The van der Waals surface area contributed by atoms with Crippen LogP contribution < -0.4 is 5.73 Å². The van der Waals surface area contributed by atoms with Crippen LogP contribution in [0.25, 0.3) is 0 Å². The molecule has 0 spiro atoms. The van der Waals surface area contributed by atoms with Gasteiger partial charge in [0.2, 0.25) is 0 Å². The molecular weight excluding hydrogens is 292 g/mol. The van der Waals surface area contributed by atoms with E-state index in [1.807, 2.05) is 0 Å². The molecule has 2 aromatic carbocycles. The fraction of sp³-hybridized carbons (Fsp3) is 0.455. The number of nitrogens with two attached hydrogens (primary N) is 1. The van der Waals surface area contributed by atoms with Gasteiger partial charge in [0, 0.05) is 25.0 Å². The van der Waals surface area contributed by atoms with Gasteiger partial charge in [0.05, 0.1) is 0 Å². The second-order valence-corrected chi connectivity index (χ2v) is 7.22. The maximum absolute atomic E-state index is 6.27. The van der Waals surface area contributed by atoms with E-state index in [-0.39, 0.29) is 0 Å². The summed E-state index contributed by atoms with van der Waals surface area (Å²) in [4.78, 5) is 2.66. The molecule has 2 unspecified atom stereocenters. The van der Waals surface area contributed by atoms with Crippen molar-refractivity contribution in [3.63, 3.8) is 0 Å². The van der Waals surface area contributed by atoms with Gasteiger partial charge in [-0.1, -0.05) is 60.5 Å². The molecule has 1 heterocycles. The normalized spacial score (nSPS) is 20.0. The summed E-state index contributed by atoms with van der Waals surface area (Å²) in [6.07, 6.45) is 3.87. The van der Waals surface area contributed by atoms with Crippen molar-refractivity contribution in [2.75, 3.05) is 13.1 Å². The third kappa shape index (κ3) is 3.88. The predicted octanol–water partition coefficient (Wildman–Crippen LogP) is 4.40. The monoisotopic (exact) mass is 322 g/mol. The summed E-state index contributed by atoms with van der Waals surface area (Å²) in [5, 5.41) is 0. The Labute approximate surface area is 146 Å². The Kier molecular flexibility index (Phi) is 5.70. The highest BCUT2D eigenvalue weighted by molar-refractivity contribution is 5.34. The minimum atomic E-state index is 0.426. The second-order valence-electron chi connectivity index (χ2n) is 7.22. The fourth-order valence-corrected chi connectivity index (χ4v) is 4.22. The minimum Gasteiger partial charge on any atom is -0.330 e. The second kappa shape index (κ2) is 7.96. The van der Waals surface area contributed by atoms with Gasteiger partial charge < -0.3 is 5.73 Å². The standard InChI is InChI=1S/C22H30N2/c1-17-11-12-20(18(2)14-17)21(15-23)22-10-6-7-13-24(22)16-19-8-4-3-5-9-19/h3-5,8-9,11-12,14,21-22H,6-7,10,13,15-16,23H2,1-2H3. The molecule has 2 atom stereocenters. The first-order valence-corrected chi connectivity index (χ1v) is 9.24. The van der Waals surface area contributed by atoms with E-state index in [0.717, 1.165) is 13.1 Å². The summed E-state index contributed by atoms with van der Waals surface area (Å²) in [5.41, 5.74) is 11.8. The van der Waals surface area contributed by atoms with Gasteiger partial charge in [0.25, 0.3) is 0 Å². The zero-order chi connectivity index (χ0) is 16.9. The van der Waals surface area contributed by atoms with Crippen molar-refractivity contribution in [1.82, 2.24) is 4.90 Å². The molecule has 2 heteroatoms. The van der Waals surface area contributed by atoms with Crippen molar-refractivity contribution in [2.45, 2.75) is 51.6 Å². The molecule has 1 aliphatic rings. The van der Waals surface area contributed by atoms with Crippen LogP contribution in [0, 0.1) is 13.8 Å². The molecule has 2 aromatic rings. The third-order valence-electron chi connectivity index (χ3n) is 5.44. The first-order valence-electron chi connectivity index (χ1n) is 9.24. The van der Waals surface area contributed by atoms with Crippen molar-refractivity contribution < 1.29 is 0 Å². The van der Waals surface area contributed by atoms with Gasteiger partial charge >= 0.3 is 0 Å². The first kappa shape index (κ1) is 17.2. The van der Waals surface area contributed by atoms with Crippen molar-refractivity contribution in [3.05, 3.63) is 70.8 Å². The average Bonchev–Trinajstić information content (AvgIpc) is 2.59. The molecule has 0 aliphatic carbocycles. The number of hydrogen-bond acceptors (Lipinski definition) is 2. The molecule has 128 valence electrons. The van der Waals surface area contributed by atoms with E-state index in [0.29, 0.717) is 12.0 Å². The Hall–Kier alpha value is -1.64. The average molecular weight is 322 g/mol. The maximum atomic E-state index is 6.27. The number of piperidine rings is 1. The van der Waals surface area contributed by atoms with Crippen molar-refractivity contribution in [3.8, 4) is 0 Å². The number of hydrogen-bond donors (Lipinski definition) is 1. The number of benzene rings is 2. The molecule has 24 heavy (non-hydrogen) atoms. The molecule has 3 rings (SSSR count). The number of nitrogens with zero attached hydrogens (tertiary/aromatic N) is 1. The minimum absolute atomic E-state index is 0.426. The quantitative estimate of drug-likeness (QED) is 0.884. The summed E-state index contributed by atoms with van der Waals surface area (Å²) in [6, 6.07) is 18.2. The summed E-state index contributed by atoms with van der Waals surface area (Å²) >= 11 is 0. The molecule has 1 fully saturated rings. The molecule has 1 saturated heterocycles. The lowest BCUT2D eigenvalue weighted by atomic mass is 9.82. The molecule has 2 N–H and O–H groups in total. The van der Waals surface area contributed by atoms with E-state index < -0.39 is 0 Å². The Balaban J connectivity index is 1.84. The topological polar surface area (TPSA) is 29.3 Å². The molecule has 0 aromatic heterocycles. The molecule has 1 aliphatic heterocycles. The summed E-state index contributed by atoms with van der Waals surface area (Å²) in [6.45, 7) is 7.33. The van der Waals surface area contributed by atoms with E-state index in [1.165, 1.54) is 48.1 Å². The van der Waals surface area contributed by atoms with Gasteiger partial charge in [-0.25, -0.2) is 0 Å². The maximum Gasteiger partial charge on any atom is 0.0236 e.